The molecule has 11 aromatic rings. The van der Waals surface area contributed by atoms with Crippen molar-refractivity contribution in [2.45, 2.75) is 96.8 Å². The molecule has 0 atom stereocenters. The summed E-state index contributed by atoms with van der Waals surface area (Å²) in [6.07, 6.45) is 2.33. The smallest absolute Gasteiger partial charge is 0.333 e. The number of hydrogen-bond donors (Lipinski definition) is 0. The number of benzene rings is 8. The van der Waals surface area contributed by atoms with E-state index in [4.69, 9.17) is 8.83 Å². The van der Waals surface area contributed by atoms with Crippen LogP contribution in [0.1, 0.15) is 103 Å². The molecule has 5 heteroatoms. The largest absolute Gasteiger partial charge is 0.456 e. The normalized spacial score (nSPS) is 17.1. The zero-order valence-corrected chi connectivity index (χ0v) is 40.4. The number of furan rings is 2. The summed E-state index contributed by atoms with van der Waals surface area (Å²) in [6.45, 7) is 21.3. The third-order valence-corrected chi connectivity index (χ3v) is 17.4. The van der Waals surface area contributed by atoms with Gasteiger partial charge in [0.05, 0.1) is 11.0 Å². The lowest BCUT2D eigenvalue weighted by Gasteiger charge is -2.42. The van der Waals surface area contributed by atoms with E-state index in [1.165, 1.54) is 122 Å². The van der Waals surface area contributed by atoms with Crippen LogP contribution in [-0.4, -0.2) is 11.4 Å². The number of para-hydroxylation sites is 1. The van der Waals surface area contributed by atoms with Crippen LogP contribution in [0.15, 0.2) is 142 Å². The Morgan fingerprint density at radius 2 is 1.21 bits per heavy atom. The monoisotopic (exact) mass is 880 g/mol. The van der Waals surface area contributed by atoms with Gasteiger partial charge in [-0.3, -0.25) is 0 Å². The van der Waals surface area contributed by atoms with Crippen LogP contribution in [-0.2, 0) is 21.7 Å². The maximum atomic E-state index is 7.06. The Morgan fingerprint density at radius 3 is 2.00 bits per heavy atom. The fraction of sp³-hybridized carbons (Fsp3) is 0.238. The van der Waals surface area contributed by atoms with Crippen LogP contribution in [0.3, 0.4) is 0 Å². The van der Waals surface area contributed by atoms with Gasteiger partial charge < -0.3 is 18.2 Å². The molecule has 0 bridgehead atoms. The van der Waals surface area contributed by atoms with E-state index in [1.807, 2.05) is 0 Å². The second-order valence-electron chi connectivity index (χ2n) is 23.5. The van der Waals surface area contributed by atoms with E-state index in [0.29, 0.717) is 0 Å². The SMILES string of the molecule is CC(C)(C)c1ccc(N2B3c4cc5c(cc4-n4c6ccc7oc8ccccc8c7c6c6ccc(c3c64)-c3cc4oc6cc7c(cc6c4cc32)C(C)(C)CCC7(C)C)-c2ccccc2C5(C)C)cc1. The number of hydrogen-bond acceptors (Lipinski definition) is 3. The van der Waals surface area contributed by atoms with Crippen LogP contribution in [0.5, 0.6) is 0 Å². The molecule has 0 unspecified atom stereocenters. The number of anilines is 2. The minimum atomic E-state index is -0.175. The maximum absolute atomic E-state index is 7.06. The maximum Gasteiger partial charge on any atom is 0.333 e. The predicted molar refractivity (Wildman–Crippen MR) is 286 cm³/mol. The summed E-state index contributed by atoms with van der Waals surface area (Å²) in [7, 11) is 0. The number of nitrogens with zero attached hydrogens (tertiary/aromatic N) is 2. The Hall–Kier alpha value is -6.98. The molecule has 0 spiro atoms. The number of aromatic nitrogens is 1. The lowest BCUT2D eigenvalue weighted by Crippen LogP contribution is -2.60. The van der Waals surface area contributed by atoms with E-state index >= 15 is 0 Å². The summed E-state index contributed by atoms with van der Waals surface area (Å²) in [6, 6.07) is 51.3. The van der Waals surface area contributed by atoms with Crippen molar-refractivity contribution < 1.29 is 8.83 Å². The van der Waals surface area contributed by atoms with Crippen LogP contribution in [0.2, 0.25) is 0 Å². The van der Waals surface area contributed by atoms with E-state index in [-0.39, 0.29) is 28.5 Å². The molecule has 15 rings (SSSR count). The Bertz CT molecular complexity index is 4110. The molecule has 0 amide bonds. The molecule has 0 saturated carbocycles. The molecule has 4 nitrogen and oxygen atoms in total. The molecule has 4 aliphatic rings. The van der Waals surface area contributed by atoms with Gasteiger partial charge in [0.15, 0.2) is 0 Å². The molecule has 0 fully saturated rings. The molecule has 3 aromatic heterocycles. The minimum Gasteiger partial charge on any atom is -0.456 e. The van der Waals surface area contributed by atoms with Crippen molar-refractivity contribution in [1.82, 2.24) is 4.57 Å². The predicted octanol–water partition coefficient (Wildman–Crippen LogP) is 15.8. The lowest BCUT2D eigenvalue weighted by atomic mass is 9.43. The second kappa shape index (κ2) is 12.4. The van der Waals surface area contributed by atoms with Gasteiger partial charge in [0.2, 0.25) is 0 Å². The molecule has 0 radical (unpaired) electrons. The minimum absolute atomic E-state index is 0.0164. The fourth-order valence-corrected chi connectivity index (χ4v) is 13.6. The highest BCUT2D eigenvalue weighted by Crippen LogP contribution is 2.54. The van der Waals surface area contributed by atoms with Crippen molar-refractivity contribution in [3.8, 4) is 27.9 Å². The molecule has 0 N–H and O–H groups in total. The molecular weight excluding hydrogens is 828 g/mol. The highest BCUT2D eigenvalue weighted by molar-refractivity contribution is 6.93. The van der Waals surface area contributed by atoms with Crippen molar-refractivity contribution in [2.75, 3.05) is 4.81 Å². The Morgan fingerprint density at radius 1 is 0.500 bits per heavy atom. The quantitative estimate of drug-likeness (QED) is 0.154. The van der Waals surface area contributed by atoms with Crippen LogP contribution in [0.25, 0.3) is 93.6 Å². The average molecular weight is 881 g/mol. The standard InChI is InChI=1S/C63H53BN2O2/c1-60(2,3)34-18-20-35(21-19-34)66-50-30-43-42-28-46-47(62(6,7)27-26-61(46,4)5)33-55(42)68-54(43)31-41(50)37-22-23-39-56-49(24-25-53-57(56)38-15-11-13-17-52(38)67-53)65-51-29-40-36-14-10-12-16-44(36)63(8,9)45(40)32-48(51)64(66)58(37)59(39)65/h10-25,28-33H,26-27H2,1-9H3. The molecule has 68 heavy (non-hydrogen) atoms. The highest BCUT2D eigenvalue weighted by atomic mass is 16.3. The third kappa shape index (κ3) is 4.77. The van der Waals surface area contributed by atoms with Gasteiger partial charge in [0.25, 0.3) is 0 Å². The summed E-state index contributed by atoms with van der Waals surface area (Å²) in [5, 5.41) is 7.20. The van der Waals surface area contributed by atoms with Crippen LogP contribution in [0.4, 0.5) is 11.4 Å². The van der Waals surface area contributed by atoms with Gasteiger partial charge in [-0.2, -0.15) is 0 Å². The van der Waals surface area contributed by atoms with Gasteiger partial charge in [-0.05, 0) is 145 Å². The molecular formula is C63H53BN2O2. The van der Waals surface area contributed by atoms with Crippen LogP contribution < -0.4 is 15.7 Å². The van der Waals surface area contributed by atoms with Crippen molar-refractivity contribution in [3.05, 3.63) is 161 Å². The lowest BCUT2D eigenvalue weighted by molar-refractivity contribution is 0.332. The molecule has 2 aliphatic carbocycles. The molecule has 330 valence electrons. The van der Waals surface area contributed by atoms with Gasteiger partial charge in [-0.25, -0.2) is 0 Å². The average Bonchev–Trinajstić information content (AvgIpc) is 4.04. The van der Waals surface area contributed by atoms with Crippen molar-refractivity contribution in [2.24, 2.45) is 0 Å². The van der Waals surface area contributed by atoms with E-state index in [9.17, 15) is 0 Å². The van der Waals surface area contributed by atoms with Crippen molar-refractivity contribution in [3.63, 3.8) is 0 Å². The second-order valence-corrected chi connectivity index (χ2v) is 23.5. The molecule has 0 saturated heterocycles. The van der Waals surface area contributed by atoms with Crippen LogP contribution in [0, 0.1) is 0 Å². The van der Waals surface area contributed by atoms with Gasteiger partial charge >= 0.3 is 6.85 Å². The Balaban J connectivity index is 1.11. The first-order valence-corrected chi connectivity index (χ1v) is 24.7. The van der Waals surface area contributed by atoms with E-state index < -0.39 is 0 Å². The highest BCUT2D eigenvalue weighted by Gasteiger charge is 2.47. The van der Waals surface area contributed by atoms with E-state index in [0.717, 1.165) is 34.1 Å². The summed E-state index contributed by atoms with van der Waals surface area (Å²) in [4.78, 5) is 2.69. The summed E-state index contributed by atoms with van der Waals surface area (Å²) < 4.78 is 16.3. The Labute approximate surface area is 397 Å². The molecule has 8 aromatic carbocycles. The first-order valence-electron chi connectivity index (χ1n) is 24.7. The topological polar surface area (TPSA) is 34.5 Å². The van der Waals surface area contributed by atoms with E-state index in [2.05, 4.69) is 205 Å². The molecule has 2 aliphatic heterocycles. The Kier molecular flexibility index (Phi) is 7.11. The van der Waals surface area contributed by atoms with Gasteiger partial charge in [-0.1, -0.05) is 135 Å². The van der Waals surface area contributed by atoms with Gasteiger partial charge in [-0.15, -0.1) is 0 Å². The zero-order chi connectivity index (χ0) is 46.1. The first-order chi connectivity index (χ1) is 32.6. The molecule has 5 heterocycles. The summed E-state index contributed by atoms with van der Waals surface area (Å²) >= 11 is 0. The van der Waals surface area contributed by atoms with Crippen LogP contribution >= 0.6 is 0 Å². The third-order valence-electron chi connectivity index (χ3n) is 17.4. The van der Waals surface area contributed by atoms with Gasteiger partial charge in [0.1, 0.15) is 22.3 Å². The fourth-order valence-electron chi connectivity index (χ4n) is 13.6. The van der Waals surface area contributed by atoms with Crippen molar-refractivity contribution in [1.29, 1.82) is 0 Å². The summed E-state index contributed by atoms with van der Waals surface area (Å²) in [5.74, 6) is 0. The van der Waals surface area contributed by atoms with E-state index in [1.54, 1.807) is 0 Å². The number of rotatable bonds is 1. The van der Waals surface area contributed by atoms with Gasteiger partial charge in [0, 0.05) is 60.4 Å². The van der Waals surface area contributed by atoms with Crippen molar-refractivity contribution >= 4 is 94.8 Å². The zero-order valence-electron chi connectivity index (χ0n) is 40.4. The first kappa shape index (κ1) is 39.1. The summed E-state index contributed by atoms with van der Waals surface area (Å²) in [5.41, 5.74) is 24.6. The number of fused-ring (bicyclic) bond motifs is 19.